The van der Waals surface area contributed by atoms with Crippen molar-refractivity contribution in [2.24, 2.45) is 7.05 Å². The number of rotatable bonds is 3. The fraction of sp³-hybridized carbons (Fsp3) is 0.769. The molecule has 1 atom stereocenters. The molecule has 7 heteroatoms. The van der Waals surface area contributed by atoms with E-state index in [2.05, 4.69) is 36.1 Å². The molecule has 0 bridgehead atoms. The molecule has 20 heavy (non-hydrogen) atoms. The minimum Gasteiger partial charge on any atom is -0.315 e. The molecule has 2 aliphatic rings. The van der Waals surface area contributed by atoms with E-state index >= 15 is 0 Å². The summed E-state index contributed by atoms with van der Waals surface area (Å²) in [6.45, 7) is 8.07. The van der Waals surface area contributed by atoms with Crippen LogP contribution in [0.2, 0.25) is 0 Å². The van der Waals surface area contributed by atoms with Crippen LogP contribution in [0.4, 0.5) is 0 Å². The lowest BCUT2D eigenvalue weighted by Crippen LogP contribution is -2.50. The predicted octanol–water partition coefficient (Wildman–Crippen LogP) is 1.08. The highest BCUT2D eigenvalue weighted by molar-refractivity contribution is 9.10. The second-order valence-electron chi connectivity index (χ2n) is 5.52. The van der Waals surface area contributed by atoms with E-state index in [1.165, 1.54) is 38.3 Å². The smallest absolute Gasteiger partial charge is 0.0663 e. The fourth-order valence-corrected chi connectivity index (χ4v) is 3.54. The lowest BCUT2D eigenvalue weighted by atomic mass is 10.2. The van der Waals surface area contributed by atoms with Gasteiger partial charge in [-0.2, -0.15) is 5.10 Å². The van der Waals surface area contributed by atoms with Gasteiger partial charge in [0, 0.05) is 52.4 Å². The van der Waals surface area contributed by atoms with Gasteiger partial charge in [-0.3, -0.25) is 14.5 Å². The Labute approximate surface area is 135 Å². The third-order valence-electron chi connectivity index (χ3n) is 4.34. The molecule has 1 N–H and O–H groups in total. The quantitative estimate of drug-likeness (QED) is 0.871. The van der Waals surface area contributed by atoms with Crippen LogP contribution in [0.25, 0.3) is 0 Å². The van der Waals surface area contributed by atoms with Crippen LogP contribution in [-0.2, 0) is 13.6 Å². The number of hydrogen-bond acceptors (Lipinski definition) is 4. The van der Waals surface area contributed by atoms with Crippen molar-refractivity contribution in [1.82, 2.24) is 24.9 Å². The van der Waals surface area contributed by atoms with Gasteiger partial charge in [-0.15, -0.1) is 12.4 Å². The number of hydrogen-bond donors (Lipinski definition) is 1. The summed E-state index contributed by atoms with van der Waals surface area (Å²) >= 11 is 3.58. The maximum atomic E-state index is 4.28. The average Bonchev–Trinajstić information content (AvgIpc) is 3.05. The molecule has 3 rings (SSSR count). The maximum absolute atomic E-state index is 4.28. The molecule has 1 unspecified atom stereocenters. The summed E-state index contributed by atoms with van der Waals surface area (Å²) in [7, 11) is 2.01. The highest BCUT2D eigenvalue weighted by Crippen LogP contribution is 2.19. The van der Waals surface area contributed by atoms with Crippen molar-refractivity contribution >= 4 is 28.3 Å². The van der Waals surface area contributed by atoms with Gasteiger partial charge < -0.3 is 5.32 Å². The standard InChI is InChI=1S/C13H22BrN5.ClH/c1-17-13(12(14)9-16-17)10-18-4-6-19(7-5-18)11-2-3-15-8-11;/h9,11,15H,2-8,10H2,1H3;1H. The minimum atomic E-state index is 0. The zero-order chi connectivity index (χ0) is 13.2. The molecule has 2 fully saturated rings. The van der Waals surface area contributed by atoms with Gasteiger partial charge in [-0.1, -0.05) is 0 Å². The normalized spacial score (nSPS) is 24.8. The SMILES string of the molecule is Cl.Cn1ncc(Br)c1CN1CCN(C2CCNC2)CC1. The van der Waals surface area contributed by atoms with Crippen LogP contribution in [0, 0.1) is 0 Å². The fourth-order valence-electron chi connectivity index (χ4n) is 3.06. The van der Waals surface area contributed by atoms with Crippen molar-refractivity contribution < 1.29 is 0 Å². The molecule has 3 heterocycles. The van der Waals surface area contributed by atoms with Crippen LogP contribution in [0.3, 0.4) is 0 Å². The first-order valence-electron chi connectivity index (χ1n) is 7.07. The summed E-state index contributed by atoms with van der Waals surface area (Å²) in [5, 5.41) is 7.74. The van der Waals surface area contributed by atoms with E-state index in [4.69, 9.17) is 0 Å². The van der Waals surface area contributed by atoms with E-state index in [-0.39, 0.29) is 12.4 Å². The number of piperazine rings is 1. The van der Waals surface area contributed by atoms with E-state index < -0.39 is 0 Å². The molecule has 0 aromatic carbocycles. The Morgan fingerprint density at radius 2 is 2.10 bits per heavy atom. The van der Waals surface area contributed by atoms with Gasteiger partial charge in [-0.05, 0) is 28.9 Å². The van der Waals surface area contributed by atoms with Crippen LogP contribution < -0.4 is 5.32 Å². The predicted molar refractivity (Wildman–Crippen MR) is 86.3 cm³/mol. The molecule has 0 amide bonds. The van der Waals surface area contributed by atoms with Gasteiger partial charge in [0.1, 0.15) is 0 Å². The Kier molecular flexibility index (Phi) is 5.86. The summed E-state index contributed by atoms with van der Waals surface area (Å²) in [4.78, 5) is 5.18. The molecule has 2 aliphatic heterocycles. The summed E-state index contributed by atoms with van der Waals surface area (Å²) in [6.07, 6.45) is 3.20. The van der Waals surface area contributed by atoms with E-state index in [1.807, 2.05) is 17.9 Å². The van der Waals surface area contributed by atoms with Gasteiger partial charge in [0.2, 0.25) is 0 Å². The van der Waals surface area contributed by atoms with Gasteiger partial charge >= 0.3 is 0 Å². The third-order valence-corrected chi connectivity index (χ3v) is 5.00. The number of nitrogens with one attached hydrogen (secondary N) is 1. The molecule has 2 saturated heterocycles. The zero-order valence-corrected chi connectivity index (χ0v) is 14.3. The highest BCUT2D eigenvalue weighted by Gasteiger charge is 2.26. The Balaban J connectivity index is 0.00000147. The lowest BCUT2D eigenvalue weighted by molar-refractivity contribution is 0.0964. The van der Waals surface area contributed by atoms with E-state index in [0.717, 1.165) is 30.1 Å². The van der Waals surface area contributed by atoms with E-state index in [1.54, 1.807) is 0 Å². The summed E-state index contributed by atoms with van der Waals surface area (Å²) in [5.41, 5.74) is 1.27. The van der Waals surface area contributed by atoms with Crippen LogP contribution in [-0.4, -0.2) is 64.9 Å². The Bertz CT molecular complexity index is 405. The summed E-state index contributed by atoms with van der Waals surface area (Å²) in [6, 6.07) is 0.769. The van der Waals surface area contributed by atoms with Crippen molar-refractivity contribution in [1.29, 1.82) is 0 Å². The van der Waals surface area contributed by atoms with E-state index in [0.29, 0.717) is 0 Å². The van der Waals surface area contributed by atoms with Gasteiger partial charge in [0.05, 0.1) is 16.4 Å². The average molecular weight is 365 g/mol. The molecule has 0 spiro atoms. The Hall–Kier alpha value is -0.140. The molecule has 1 aromatic heterocycles. The van der Waals surface area contributed by atoms with Crippen LogP contribution in [0.5, 0.6) is 0 Å². The largest absolute Gasteiger partial charge is 0.315 e. The first kappa shape index (κ1) is 16.2. The molecule has 0 radical (unpaired) electrons. The van der Waals surface area contributed by atoms with E-state index in [9.17, 15) is 0 Å². The molecule has 114 valence electrons. The molecular weight excluding hydrogens is 342 g/mol. The van der Waals surface area contributed by atoms with Crippen molar-refractivity contribution in [2.75, 3.05) is 39.3 Å². The number of aromatic nitrogens is 2. The lowest BCUT2D eigenvalue weighted by Gasteiger charge is -2.37. The second-order valence-corrected chi connectivity index (χ2v) is 6.38. The Morgan fingerprint density at radius 3 is 2.65 bits per heavy atom. The maximum Gasteiger partial charge on any atom is 0.0663 e. The second kappa shape index (κ2) is 7.22. The van der Waals surface area contributed by atoms with Gasteiger partial charge in [0.15, 0.2) is 0 Å². The van der Waals surface area contributed by atoms with Crippen molar-refractivity contribution in [3.8, 4) is 0 Å². The summed E-state index contributed by atoms with van der Waals surface area (Å²) in [5.74, 6) is 0. The van der Waals surface area contributed by atoms with Gasteiger partial charge in [0.25, 0.3) is 0 Å². The van der Waals surface area contributed by atoms with Crippen molar-refractivity contribution in [2.45, 2.75) is 19.0 Å². The molecule has 0 aliphatic carbocycles. The van der Waals surface area contributed by atoms with Crippen LogP contribution in [0.1, 0.15) is 12.1 Å². The van der Waals surface area contributed by atoms with Crippen molar-refractivity contribution in [3.63, 3.8) is 0 Å². The number of aryl methyl sites for hydroxylation is 1. The highest BCUT2D eigenvalue weighted by atomic mass is 79.9. The summed E-state index contributed by atoms with van der Waals surface area (Å²) < 4.78 is 3.09. The monoisotopic (exact) mass is 363 g/mol. The first-order valence-corrected chi connectivity index (χ1v) is 7.87. The van der Waals surface area contributed by atoms with Gasteiger partial charge in [-0.25, -0.2) is 0 Å². The minimum absolute atomic E-state index is 0. The number of halogens is 2. The van der Waals surface area contributed by atoms with Crippen molar-refractivity contribution in [3.05, 3.63) is 16.4 Å². The molecule has 0 saturated carbocycles. The molecular formula is C13H23BrClN5. The molecule has 5 nitrogen and oxygen atoms in total. The third kappa shape index (κ3) is 3.54. The molecule has 1 aromatic rings. The zero-order valence-electron chi connectivity index (χ0n) is 11.9. The topological polar surface area (TPSA) is 36.3 Å². The number of nitrogens with zero attached hydrogens (tertiary/aromatic N) is 4. The first-order chi connectivity index (χ1) is 9.24. The van der Waals surface area contributed by atoms with Crippen LogP contribution >= 0.6 is 28.3 Å². The van der Waals surface area contributed by atoms with Crippen LogP contribution in [0.15, 0.2) is 10.7 Å². The Morgan fingerprint density at radius 1 is 1.35 bits per heavy atom.